The third kappa shape index (κ3) is 2.30. The topological polar surface area (TPSA) is 47.7 Å². The Labute approximate surface area is 126 Å². The van der Waals surface area contributed by atoms with Crippen molar-refractivity contribution in [3.63, 3.8) is 0 Å². The maximum absolute atomic E-state index is 6.14. The van der Waals surface area contributed by atoms with Crippen LogP contribution in [0.25, 0.3) is 0 Å². The van der Waals surface area contributed by atoms with Crippen LogP contribution in [-0.4, -0.2) is 30.8 Å². The molecule has 1 aliphatic carbocycles. The van der Waals surface area contributed by atoms with Gasteiger partial charge in [-0.15, -0.1) is 0 Å². The number of ether oxygens (including phenoxy) is 2. The van der Waals surface area contributed by atoms with Gasteiger partial charge in [0, 0.05) is 18.6 Å². The van der Waals surface area contributed by atoms with E-state index < -0.39 is 0 Å². The highest BCUT2D eigenvalue weighted by atomic mass is 16.7. The zero-order chi connectivity index (χ0) is 14.2. The van der Waals surface area contributed by atoms with Gasteiger partial charge in [-0.1, -0.05) is 18.9 Å². The molecule has 4 rings (SSSR count). The Morgan fingerprint density at radius 3 is 2.90 bits per heavy atom. The van der Waals surface area contributed by atoms with Crippen molar-refractivity contribution >= 4 is 0 Å². The molecule has 3 unspecified atom stereocenters. The molecule has 1 aromatic rings. The molecule has 0 aromatic heterocycles. The van der Waals surface area contributed by atoms with Crippen LogP contribution in [-0.2, 0) is 0 Å². The predicted octanol–water partition coefficient (Wildman–Crippen LogP) is 2.68. The molecule has 4 heteroatoms. The summed E-state index contributed by atoms with van der Waals surface area (Å²) in [4.78, 5) is 2.65. The molecule has 2 heterocycles. The molecule has 114 valence electrons. The van der Waals surface area contributed by atoms with Gasteiger partial charge in [-0.3, -0.25) is 4.90 Å². The van der Waals surface area contributed by atoms with Crippen molar-refractivity contribution in [1.82, 2.24) is 4.90 Å². The average molecular weight is 288 g/mol. The Morgan fingerprint density at radius 2 is 2.00 bits per heavy atom. The van der Waals surface area contributed by atoms with Gasteiger partial charge in [-0.25, -0.2) is 0 Å². The molecule has 1 saturated heterocycles. The van der Waals surface area contributed by atoms with Crippen molar-refractivity contribution in [3.8, 4) is 11.5 Å². The summed E-state index contributed by atoms with van der Waals surface area (Å²) >= 11 is 0. The van der Waals surface area contributed by atoms with E-state index in [-0.39, 0.29) is 0 Å². The van der Waals surface area contributed by atoms with Crippen LogP contribution in [0.15, 0.2) is 18.2 Å². The van der Waals surface area contributed by atoms with Crippen molar-refractivity contribution in [2.24, 2.45) is 11.7 Å². The summed E-state index contributed by atoms with van der Waals surface area (Å²) in [5.41, 5.74) is 7.41. The fourth-order valence-electron chi connectivity index (χ4n) is 4.41. The van der Waals surface area contributed by atoms with Crippen LogP contribution in [0, 0.1) is 5.92 Å². The lowest BCUT2D eigenvalue weighted by atomic mass is 9.84. The Bertz CT molecular complexity index is 520. The highest BCUT2D eigenvalue weighted by Gasteiger charge is 2.39. The largest absolute Gasteiger partial charge is 0.454 e. The van der Waals surface area contributed by atoms with E-state index in [1.165, 1.54) is 44.2 Å². The molecule has 0 bridgehead atoms. The van der Waals surface area contributed by atoms with Crippen LogP contribution in [0.3, 0.4) is 0 Å². The summed E-state index contributed by atoms with van der Waals surface area (Å²) in [6.07, 6.45) is 6.86. The summed E-state index contributed by atoms with van der Waals surface area (Å²) in [6.45, 7) is 2.19. The fourth-order valence-corrected chi connectivity index (χ4v) is 4.41. The second kappa shape index (κ2) is 5.50. The molecule has 21 heavy (non-hydrogen) atoms. The molecule has 2 aliphatic heterocycles. The third-order valence-electron chi connectivity index (χ3n) is 5.46. The van der Waals surface area contributed by atoms with E-state index >= 15 is 0 Å². The Balaban J connectivity index is 1.59. The first kappa shape index (κ1) is 13.4. The molecule has 2 N–H and O–H groups in total. The standard InChI is InChI=1S/C17H24N2O2/c18-10-15(13-5-6-16-17(9-13)21-11-20-16)19-8-7-12-3-1-2-4-14(12)19/h5-6,9,12,14-15H,1-4,7-8,10-11,18H2. The smallest absolute Gasteiger partial charge is 0.231 e. The van der Waals surface area contributed by atoms with E-state index in [0.29, 0.717) is 19.4 Å². The number of fused-ring (bicyclic) bond motifs is 2. The molecule has 1 saturated carbocycles. The number of nitrogens with zero attached hydrogens (tertiary/aromatic N) is 1. The zero-order valence-corrected chi connectivity index (χ0v) is 12.5. The summed E-state index contributed by atoms with van der Waals surface area (Å²) in [7, 11) is 0. The van der Waals surface area contributed by atoms with Gasteiger partial charge in [0.2, 0.25) is 6.79 Å². The molecule has 1 aromatic carbocycles. The van der Waals surface area contributed by atoms with Gasteiger partial charge in [0.1, 0.15) is 0 Å². The Morgan fingerprint density at radius 1 is 1.14 bits per heavy atom. The molecule has 3 aliphatic rings. The lowest BCUT2D eigenvalue weighted by Gasteiger charge is -2.37. The first-order valence-electron chi connectivity index (χ1n) is 8.22. The summed E-state index contributed by atoms with van der Waals surface area (Å²) in [6, 6.07) is 7.34. The van der Waals surface area contributed by atoms with Crippen molar-refractivity contribution in [1.29, 1.82) is 0 Å². The van der Waals surface area contributed by atoms with Crippen molar-refractivity contribution in [2.45, 2.75) is 44.2 Å². The summed E-state index contributed by atoms with van der Waals surface area (Å²) in [5.74, 6) is 2.61. The predicted molar refractivity (Wildman–Crippen MR) is 81.4 cm³/mol. The third-order valence-corrected chi connectivity index (χ3v) is 5.46. The second-order valence-corrected chi connectivity index (χ2v) is 6.50. The fraction of sp³-hybridized carbons (Fsp3) is 0.647. The summed E-state index contributed by atoms with van der Waals surface area (Å²) < 4.78 is 10.9. The average Bonchev–Trinajstić information content (AvgIpc) is 3.15. The van der Waals surface area contributed by atoms with Crippen LogP contribution >= 0.6 is 0 Å². The van der Waals surface area contributed by atoms with Gasteiger partial charge in [-0.2, -0.15) is 0 Å². The number of benzene rings is 1. The van der Waals surface area contributed by atoms with Crippen LogP contribution in [0.1, 0.15) is 43.7 Å². The van der Waals surface area contributed by atoms with Crippen molar-refractivity contribution < 1.29 is 9.47 Å². The van der Waals surface area contributed by atoms with E-state index in [1.807, 2.05) is 6.07 Å². The normalized spacial score (nSPS) is 29.4. The lowest BCUT2D eigenvalue weighted by molar-refractivity contribution is 0.135. The quantitative estimate of drug-likeness (QED) is 0.929. The van der Waals surface area contributed by atoms with Gasteiger partial charge >= 0.3 is 0 Å². The highest BCUT2D eigenvalue weighted by molar-refractivity contribution is 5.45. The van der Waals surface area contributed by atoms with Gasteiger partial charge in [0.05, 0.1) is 0 Å². The van der Waals surface area contributed by atoms with Gasteiger partial charge in [0.25, 0.3) is 0 Å². The van der Waals surface area contributed by atoms with Crippen molar-refractivity contribution in [3.05, 3.63) is 23.8 Å². The zero-order valence-electron chi connectivity index (χ0n) is 12.5. The van der Waals surface area contributed by atoms with Crippen LogP contribution < -0.4 is 15.2 Å². The van der Waals surface area contributed by atoms with E-state index in [1.54, 1.807) is 0 Å². The highest BCUT2D eigenvalue weighted by Crippen LogP contribution is 2.42. The SMILES string of the molecule is NCC(c1ccc2c(c1)OCO2)N1CCC2CCCCC21. The van der Waals surface area contributed by atoms with Crippen LogP contribution in [0.2, 0.25) is 0 Å². The maximum atomic E-state index is 6.14. The number of hydrogen-bond donors (Lipinski definition) is 1. The van der Waals surface area contributed by atoms with E-state index in [4.69, 9.17) is 15.2 Å². The van der Waals surface area contributed by atoms with Crippen LogP contribution in [0.5, 0.6) is 11.5 Å². The van der Waals surface area contributed by atoms with E-state index in [0.717, 1.165) is 23.5 Å². The number of nitrogens with two attached hydrogens (primary N) is 1. The number of likely N-dealkylation sites (tertiary alicyclic amines) is 1. The van der Waals surface area contributed by atoms with Crippen LogP contribution in [0.4, 0.5) is 0 Å². The Kier molecular flexibility index (Phi) is 3.51. The van der Waals surface area contributed by atoms with Gasteiger partial charge in [-0.05, 0) is 49.4 Å². The molecular formula is C17H24N2O2. The monoisotopic (exact) mass is 288 g/mol. The molecule has 0 radical (unpaired) electrons. The van der Waals surface area contributed by atoms with Gasteiger partial charge < -0.3 is 15.2 Å². The molecule has 0 amide bonds. The first-order chi connectivity index (χ1) is 10.4. The molecular weight excluding hydrogens is 264 g/mol. The first-order valence-corrected chi connectivity index (χ1v) is 8.22. The second-order valence-electron chi connectivity index (χ2n) is 6.50. The van der Waals surface area contributed by atoms with Crippen molar-refractivity contribution in [2.75, 3.05) is 19.9 Å². The summed E-state index contributed by atoms with van der Waals surface area (Å²) in [5, 5.41) is 0. The Hall–Kier alpha value is -1.26. The molecule has 4 nitrogen and oxygen atoms in total. The maximum Gasteiger partial charge on any atom is 0.231 e. The number of hydrogen-bond acceptors (Lipinski definition) is 4. The minimum atomic E-state index is 0.313. The number of rotatable bonds is 3. The van der Waals surface area contributed by atoms with Gasteiger partial charge in [0.15, 0.2) is 11.5 Å². The molecule has 3 atom stereocenters. The molecule has 0 spiro atoms. The molecule has 2 fully saturated rings. The van der Waals surface area contributed by atoms with E-state index in [2.05, 4.69) is 17.0 Å². The lowest BCUT2D eigenvalue weighted by Crippen LogP contribution is -2.40. The minimum Gasteiger partial charge on any atom is -0.454 e. The minimum absolute atomic E-state index is 0.313. The van der Waals surface area contributed by atoms with E-state index in [9.17, 15) is 0 Å².